The van der Waals surface area contributed by atoms with Crippen molar-refractivity contribution >= 4 is 28.9 Å². The van der Waals surface area contributed by atoms with Crippen molar-refractivity contribution in [2.24, 2.45) is 5.73 Å². The van der Waals surface area contributed by atoms with Crippen molar-refractivity contribution in [1.82, 2.24) is 19.4 Å². The van der Waals surface area contributed by atoms with E-state index in [1.165, 1.54) is 18.1 Å². The second-order valence-electron chi connectivity index (χ2n) is 9.86. The minimum atomic E-state index is -1.03. The average Bonchev–Trinajstić information content (AvgIpc) is 3.44. The number of primary amides is 1. The number of aromatic nitrogens is 3. The van der Waals surface area contributed by atoms with Gasteiger partial charge >= 0.3 is 6.09 Å². The number of nitrogens with two attached hydrogens (primary N) is 1. The molecule has 38 heavy (non-hydrogen) atoms. The van der Waals surface area contributed by atoms with Gasteiger partial charge in [0.05, 0.1) is 38.5 Å². The number of amides is 2. The summed E-state index contributed by atoms with van der Waals surface area (Å²) in [5.74, 6) is -0.345. The number of anilines is 1. The number of hydrogen-bond acceptors (Lipinski definition) is 7. The van der Waals surface area contributed by atoms with Crippen molar-refractivity contribution in [3.05, 3.63) is 35.8 Å². The van der Waals surface area contributed by atoms with Gasteiger partial charge in [-0.25, -0.2) is 19.2 Å². The van der Waals surface area contributed by atoms with Crippen LogP contribution in [0.1, 0.15) is 37.0 Å². The van der Waals surface area contributed by atoms with Gasteiger partial charge < -0.3 is 34.7 Å². The number of morpholine rings is 1. The van der Waals surface area contributed by atoms with Crippen LogP contribution in [0.2, 0.25) is 0 Å². The number of carbonyl (C=O) groups excluding carboxylic acids is 1. The Labute approximate surface area is 218 Å². The molecule has 3 atom stereocenters. The summed E-state index contributed by atoms with van der Waals surface area (Å²) in [6, 6.07) is 5.80. The smallest absolute Gasteiger partial charge is 0.407 e. The summed E-state index contributed by atoms with van der Waals surface area (Å²) >= 11 is 0. The first-order valence-electron chi connectivity index (χ1n) is 12.6. The summed E-state index contributed by atoms with van der Waals surface area (Å²) in [5, 5.41) is 9.47. The molecule has 2 saturated heterocycles. The lowest BCUT2D eigenvalue weighted by atomic mass is 10.1. The first-order chi connectivity index (χ1) is 18.2. The zero-order valence-electron chi connectivity index (χ0n) is 21.6. The van der Waals surface area contributed by atoms with Crippen molar-refractivity contribution in [3.63, 3.8) is 0 Å². The number of nitrogens with zero attached hydrogens (tertiary/aromatic N) is 5. The maximum Gasteiger partial charge on any atom is 0.407 e. The Balaban J connectivity index is 1.62. The Bertz CT molecular complexity index is 1370. The number of halogens is 1. The number of fused-ring (bicyclic) bond motifs is 1. The van der Waals surface area contributed by atoms with E-state index in [0.717, 1.165) is 18.7 Å². The van der Waals surface area contributed by atoms with Gasteiger partial charge in [0.1, 0.15) is 28.4 Å². The molecule has 0 saturated carbocycles. The van der Waals surface area contributed by atoms with E-state index >= 15 is 4.39 Å². The fraction of sp³-hybridized carbons (Fsp3) is 0.462. The number of hydrogen-bond donors (Lipinski definition) is 2. The summed E-state index contributed by atoms with van der Waals surface area (Å²) in [6.45, 7) is 5.16. The summed E-state index contributed by atoms with van der Waals surface area (Å²) in [7, 11) is 1.41. The molecule has 11 nitrogen and oxygen atoms in total. The molecule has 3 N–H and O–H groups in total. The molecule has 0 spiro atoms. The van der Waals surface area contributed by atoms with Crippen molar-refractivity contribution in [2.75, 3.05) is 31.7 Å². The molecule has 1 aromatic carbocycles. The van der Waals surface area contributed by atoms with Crippen LogP contribution in [0.4, 0.5) is 15.0 Å². The van der Waals surface area contributed by atoms with E-state index in [4.69, 9.17) is 20.2 Å². The van der Waals surface area contributed by atoms with Gasteiger partial charge in [-0.2, -0.15) is 0 Å². The molecule has 4 heterocycles. The largest absolute Gasteiger partial charge is 0.494 e. The normalized spacial score (nSPS) is 21.7. The third-order valence-electron chi connectivity index (χ3n) is 7.42. The molecule has 2 fully saturated rings. The van der Waals surface area contributed by atoms with Gasteiger partial charge in [0.2, 0.25) is 0 Å². The Morgan fingerprint density at radius 2 is 2.00 bits per heavy atom. The minimum Gasteiger partial charge on any atom is -0.494 e. The molecule has 2 aromatic heterocycles. The van der Waals surface area contributed by atoms with Crippen molar-refractivity contribution < 1.29 is 28.6 Å². The van der Waals surface area contributed by atoms with Gasteiger partial charge in [-0.1, -0.05) is 0 Å². The number of carboxylic acid groups (broad SMARTS) is 1. The molecule has 3 aromatic rings. The van der Waals surface area contributed by atoms with Crippen molar-refractivity contribution in [3.8, 4) is 17.1 Å². The zero-order valence-corrected chi connectivity index (χ0v) is 21.6. The lowest BCUT2D eigenvalue weighted by Crippen LogP contribution is -2.46. The summed E-state index contributed by atoms with van der Waals surface area (Å²) < 4.78 is 28.6. The Hall–Kier alpha value is -3.93. The zero-order chi connectivity index (χ0) is 27.1. The predicted molar refractivity (Wildman–Crippen MR) is 138 cm³/mol. The maximum atomic E-state index is 15.5. The molecule has 5 rings (SSSR count). The van der Waals surface area contributed by atoms with Crippen LogP contribution in [-0.4, -0.2) is 81.5 Å². The van der Waals surface area contributed by atoms with Crippen LogP contribution in [0.15, 0.2) is 24.4 Å². The van der Waals surface area contributed by atoms with E-state index in [1.807, 2.05) is 12.1 Å². The fourth-order valence-electron chi connectivity index (χ4n) is 5.50. The number of pyridine rings is 1. The lowest BCUT2D eigenvalue weighted by molar-refractivity contribution is -0.0286. The maximum absolute atomic E-state index is 15.5. The van der Waals surface area contributed by atoms with Crippen LogP contribution >= 0.6 is 0 Å². The number of rotatable bonds is 6. The highest BCUT2D eigenvalue weighted by atomic mass is 19.1. The highest BCUT2D eigenvalue weighted by Gasteiger charge is 2.30. The standard InChI is InChI=1S/C26H31FN6O5/c1-14-4-5-15(2)33(14)20-7-6-16(11-29-20)25-30-22-21(27)18(24(28)34)10-19(37-3)23(22)32(25)13-17-12-31(26(35)36)8-9-38-17/h6-7,10-11,14-15,17H,4-5,8-9,12-13H2,1-3H3,(H2,28,34)(H,35,36)/t14-,15-,17-/m0/s1. The number of methoxy groups -OCH3 is 1. The summed E-state index contributed by atoms with van der Waals surface area (Å²) in [4.78, 5) is 36.3. The fourth-order valence-corrected chi connectivity index (χ4v) is 5.50. The molecule has 0 bridgehead atoms. The van der Waals surface area contributed by atoms with Crippen LogP contribution in [0, 0.1) is 5.82 Å². The van der Waals surface area contributed by atoms with E-state index in [0.29, 0.717) is 29.0 Å². The van der Waals surface area contributed by atoms with Gasteiger partial charge in [0.15, 0.2) is 5.82 Å². The van der Waals surface area contributed by atoms with Gasteiger partial charge in [-0.15, -0.1) is 0 Å². The molecule has 0 unspecified atom stereocenters. The van der Waals surface area contributed by atoms with E-state index in [2.05, 4.69) is 23.7 Å². The first kappa shape index (κ1) is 25.7. The molecule has 0 aliphatic carbocycles. The van der Waals surface area contributed by atoms with E-state index in [9.17, 15) is 14.7 Å². The summed E-state index contributed by atoms with van der Waals surface area (Å²) in [5.41, 5.74) is 5.94. The topological polar surface area (TPSA) is 136 Å². The number of ether oxygens (including phenoxy) is 2. The van der Waals surface area contributed by atoms with E-state index < -0.39 is 23.9 Å². The van der Waals surface area contributed by atoms with Gasteiger partial charge in [-0.3, -0.25) is 4.79 Å². The number of carbonyl (C=O) groups is 2. The van der Waals surface area contributed by atoms with Gasteiger partial charge in [0, 0.05) is 30.4 Å². The molecule has 0 radical (unpaired) electrons. The Kier molecular flexibility index (Phi) is 6.82. The first-order valence-corrected chi connectivity index (χ1v) is 12.6. The monoisotopic (exact) mass is 526 g/mol. The molecular formula is C26H31FN6O5. The second-order valence-corrected chi connectivity index (χ2v) is 9.86. The molecule has 12 heteroatoms. The van der Waals surface area contributed by atoms with Crippen LogP contribution in [0.3, 0.4) is 0 Å². The predicted octanol–water partition coefficient (Wildman–Crippen LogP) is 3.10. The van der Waals surface area contributed by atoms with Gasteiger partial charge in [-0.05, 0) is 44.9 Å². The third kappa shape index (κ3) is 4.49. The van der Waals surface area contributed by atoms with Gasteiger partial charge in [0.25, 0.3) is 5.91 Å². The summed E-state index contributed by atoms with van der Waals surface area (Å²) in [6.07, 6.45) is 2.33. The highest BCUT2D eigenvalue weighted by Crippen LogP contribution is 2.36. The Morgan fingerprint density at radius 1 is 1.26 bits per heavy atom. The van der Waals surface area contributed by atoms with E-state index in [1.54, 1.807) is 10.8 Å². The van der Waals surface area contributed by atoms with E-state index in [-0.39, 0.29) is 43.1 Å². The number of imidazole rings is 1. The average molecular weight is 527 g/mol. The molecular weight excluding hydrogens is 495 g/mol. The van der Waals surface area contributed by atoms with Crippen molar-refractivity contribution in [2.45, 2.75) is 51.4 Å². The molecule has 2 amide bonds. The van der Waals surface area contributed by atoms with Crippen LogP contribution in [0.25, 0.3) is 22.4 Å². The highest BCUT2D eigenvalue weighted by molar-refractivity contribution is 5.99. The van der Waals surface area contributed by atoms with Crippen LogP contribution in [0.5, 0.6) is 5.75 Å². The third-order valence-corrected chi connectivity index (χ3v) is 7.42. The minimum absolute atomic E-state index is 0.0788. The second kappa shape index (κ2) is 10.1. The van der Waals surface area contributed by atoms with Crippen LogP contribution in [-0.2, 0) is 11.3 Å². The SMILES string of the molecule is COc1cc(C(N)=O)c(F)c2nc(-c3ccc(N4[C@@H](C)CC[C@@H]4C)nc3)n(C[C@@H]3CN(C(=O)O)CCO3)c12. The molecule has 202 valence electrons. The Morgan fingerprint density at radius 3 is 2.61 bits per heavy atom. The quantitative estimate of drug-likeness (QED) is 0.500. The van der Waals surface area contributed by atoms with Crippen molar-refractivity contribution in [1.29, 1.82) is 0 Å². The molecule has 2 aliphatic rings. The van der Waals surface area contributed by atoms with Crippen LogP contribution < -0.4 is 15.4 Å². The number of benzene rings is 1. The molecule has 2 aliphatic heterocycles. The lowest BCUT2D eigenvalue weighted by Gasteiger charge is -2.31.